The number of carbonyl (C=O) groups is 1. The summed E-state index contributed by atoms with van der Waals surface area (Å²) < 4.78 is 11.4. The molecule has 152 valence electrons. The van der Waals surface area contributed by atoms with Crippen LogP contribution in [-0.2, 0) is 16.0 Å². The number of phenols is 1. The predicted octanol–water partition coefficient (Wildman–Crippen LogP) is 5.33. The van der Waals surface area contributed by atoms with Crippen LogP contribution in [0.2, 0.25) is 0 Å². The van der Waals surface area contributed by atoms with E-state index in [2.05, 4.69) is 0 Å². The number of fused-ring (bicyclic) bond motifs is 1. The molecule has 0 unspecified atom stereocenters. The molecular weight excluding hydrogens is 376 g/mol. The van der Waals surface area contributed by atoms with Gasteiger partial charge in [0, 0.05) is 34.6 Å². The highest BCUT2D eigenvalue weighted by molar-refractivity contribution is 5.91. The van der Waals surface area contributed by atoms with Gasteiger partial charge in [-0.15, -0.1) is 0 Å². The number of carbonyl (C=O) groups excluding carboxylic acids is 1. The maximum atomic E-state index is 12.4. The van der Waals surface area contributed by atoms with E-state index in [1.165, 1.54) is 0 Å². The van der Waals surface area contributed by atoms with Crippen LogP contribution in [0, 0.1) is 5.92 Å². The second-order valence-electron chi connectivity index (χ2n) is 7.85. The highest BCUT2D eigenvalue weighted by atomic mass is 16.5. The SMILES string of the molecule is CCOC(=O)[C@@H]1C[C@H]1c1c(O)c(-c2ccccc2)c2c(c1-c1ccccc1)OCC2. The Hall–Kier alpha value is -3.27. The fourth-order valence-electron chi connectivity index (χ4n) is 4.63. The van der Waals surface area contributed by atoms with E-state index in [0.717, 1.165) is 45.6 Å². The first-order valence-electron chi connectivity index (χ1n) is 10.5. The summed E-state index contributed by atoms with van der Waals surface area (Å²) >= 11 is 0. The third kappa shape index (κ3) is 3.04. The standard InChI is InChI=1S/C26H24O4/c1-2-29-26(28)20-15-19(20)23-22(17-11-7-4-8-12-17)25-18(13-14-30-25)21(24(23)27)16-9-5-3-6-10-16/h3-12,19-20,27H,2,13-15H2,1H3/t19-,20-/m1/s1. The lowest BCUT2D eigenvalue weighted by Crippen LogP contribution is -2.08. The quantitative estimate of drug-likeness (QED) is 0.588. The monoisotopic (exact) mass is 400 g/mol. The molecule has 1 saturated carbocycles. The molecule has 0 spiro atoms. The van der Waals surface area contributed by atoms with Crippen LogP contribution in [0.4, 0.5) is 0 Å². The van der Waals surface area contributed by atoms with Gasteiger partial charge in [0.2, 0.25) is 0 Å². The van der Waals surface area contributed by atoms with Crippen molar-refractivity contribution >= 4 is 5.97 Å². The Morgan fingerprint density at radius 2 is 1.67 bits per heavy atom. The van der Waals surface area contributed by atoms with Crippen LogP contribution in [-0.4, -0.2) is 24.3 Å². The van der Waals surface area contributed by atoms with E-state index >= 15 is 0 Å². The third-order valence-electron chi connectivity index (χ3n) is 6.04. The Bertz CT molecular complexity index is 1090. The molecule has 4 heteroatoms. The minimum atomic E-state index is -0.221. The van der Waals surface area contributed by atoms with Crippen LogP contribution < -0.4 is 4.74 Å². The zero-order chi connectivity index (χ0) is 20.7. The van der Waals surface area contributed by atoms with Crippen LogP contribution in [0.25, 0.3) is 22.3 Å². The molecular formula is C26H24O4. The van der Waals surface area contributed by atoms with Crippen molar-refractivity contribution in [3.8, 4) is 33.8 Å². The van der Waals surface area contributed by atoms with E-state index in [1.54, 1.807) is 0 Å². The molecule has 30 heavy (non-hydrogen) atoms. The molecule has 1 heterocycles. The zero-order valence-corrected chi connectivity index (χ0v) is 16.9. The Morgan fingerprint density at radius 1 is 1.03 bits per heavy atom. The van der Waals surface area contributed by atoms with Gasteiger partial charge in [0.1, 0.15) is 11.5 Å². The van der Waals surface area contributed by atoms with Crippen LogP contribution in [0.3, 0.4) is 0 Å². The largest absolute Gasteiger partial charge is 0.507 e. The van der Waals surface area contributed by atoms with Crippen LogP contribution in [0.1, 0.15) is 30.4 Å². The molecule has 1 N–H and O–H groups in total. The van der Waals surface area contributed by atoms with E-state index in [-0.39, 0.29) is 23.6 Å². The van der Waals surface area contributed by atoms with Crippen LogP contribution in [0.15, 0.2) is 60.7 Å². The number of hydrogen-bond donors (Lipinski definition) is 1. The molecule has 1 aliphatic heterocycles. The molecule has 0 aromatic heterocycles. The summed E-state index contributed by atoms with van der Waals surface area (Å²) in [6, 6.07) is 19.9. The van der Waals surface area contributed by atoms with E-state index in [9.17, 15) is 9.90 Å². The van der Waals surface area contributed by atoms with Gasteiger partial charge in [-0.05, 0) is 24.5 Å². The number of esters is 1. The average Bonchev–Trinajstić information content (AvgIpc) is 3.43. The van der Waals surface area contributed by atoms with Gasteiger partial charge in [-0.3, -0.25) is 4.79 Å². The molecule has 2 atom stereocenters. The number of rotatable bonds is 5. The normalized spacial score (nSPS) is 19.1. The smallest absolute Gasteiger partial charge is 0.309 e. The van der Waals surface area contributed by atoms with E-state index in [0.29, 0.717) is 19.6 Å². The molecule has 0 radical (unpaired) electrons. The number of phenolic OH excluding ortho intramolecular Hbond substituents is 1. The molecule has 4 nitrogen and oxygen atoms in total. The van der Waals surface area contributed by atoms with Gasteiger partial charge in [0.25, 0.3) is 0 Å². The molecule has 0 saturated heterocycles. The first-order valence-corrected chi connectivity index (χ1v) is 10.5. The first-order chi connectivity index (χ1) is 14.7. The summed E-state index contributed by atoms with van der Waals surface area (Å²) in [6.07, 6.45) is 1.43. The second kappa shape index (κ2) is 7.52. The first kappa shape index (κ1) is 18.7. The van der Waals surface area contributed by atoms with Crippen molar-refractivity contribution in [1.29, 1.82) is 0 Å². The second-order valence-corrected chi connectivity index (χ2v) is 7.85. The van der Waals surface area contributed by atoms with E-state index < -0.39 is 0 Å². The molecule has 3 aromatic rings. The maximum Gasteiger partial charge on any atom is 0.309 e. The van der Waals surface area contributed by atoms with Gasteiger partial charge in [0.15, 0.2) is 0 Å². The van der Waals surface area contributed by atoms with Crippen molar-refractivity contribution in [2.75, 3.05) is 13.2 Å². The molecule has 2 aliphatic rings. The van der Waals surface area contributed by atoms with Crippen molar-refractivity contribution < 1.29 is 19.4 Å². The number of hydrogen-bond acceptors (Lipinski definition) is 4. The Morgan fingerprint density at radius 3 is 2.30 bits per heavy atom. The summed E-state index contributed by atoms with van der Waals surface area (Å²) in [5.74, 6) is 0.615. The molecule has 3 aromatic carbocycles. The lowest BCUT2D eigenvalue weighted by molar-refractivity contribution is -0.144. The van der Waals surface area contributed by atoms with E-state index in [1.807, 2.05) is 67.6 Å². The summed E-state index contributed by atoms with van der Waals surface area (Å²) in [6.45, 7) is 2.77. The highest BCUT2D eigenvalue weighted by Crippen LogP contribution is 2.59. The van der Waals surface area contributed by atoms with Crippen molar-refractivity contribution in [3.63, 3.8) is 0 Å². The number of aromatic hydroxyl groups is 1. The Balaban J connectivity index is 1.75. The predicted molar refractivity (Wildman–Crippen MR) is 116 cm³/mol. The molecule has 0 bridgehead atoms. The summed E-state index contributed by atoms with van der Waals surface area (Å²) in [7, 11) is 0. The summed E-state index contributed by atoms with van der Waals surface area (Å²) in [5.41, 5.74) is 5.54. The van der Waals surface area contributed by atoms with Crippen molar-refractivity contribution in [2.45, 2.75) is 25.7 Å². The number of ether oxygens (including phenoxy) is 2. The minimum absolute atomic E-state index is 0.0729. The molecule has 0 amide bonds. The van der Waals surface area contributed by atoms with Crippen LogP contribution in [0.5, 0.6) is 11.5 Å². The Kier molecular flexibility index (Phi) is 4.70. The topological polar surface area (TPSA) is 55.8 Å². The van der Waals surface area contributed by atoms with Gasteiger partial charge >= 0.3 is 5.97 Å². The Labute approximate surface area is 176 Å². The van der Waals surface area contributed by atoms with Gasteiger partial charge in [-0.1, -0.05) is 60.7 Å². The molecule has 5 rings (SSSR count). The van der Waals surface area contributed by atoms with Gasteiger partial charge in [0.05, 0.1) is 19.1 Å². The average molecular weight is 400 g/mol. The molecule has 1 fully saturated rings. The van der Waals surface area contributed by atoms with Crippen LogP contribution >= 0.6 is 0 Å². The lowest BCUT2D eigenvalue weighted by Gasteiger charge is -2.20. The van der Waals surface area contributed by atoms with Gasteiger partial charge in [-0.2, -0.15) is 0 Å². The maximum absolute atomic E-state index is 12.4. The number of benzene rings is 3. The van der Waals surface area contributed by atoms with E-state index in [4.69, 9.17) is 9.47 Å². The summed E-state index contributed by atoms with van der Waals surface area (Å²) in [5, 5.41) is 11.6. The van der Waals surface area contributed by atoms with Crippen molar-refractivity contribution in [1.82, 2.24) is 0 Å². The summed E-state index contributed by atoms with van der Waals surface area (Å²) in [4.78, 5) is 12.4. The van der Waals surface area contributed by atoms with Gasteiger partial charge < -0.3 is 14.6 Å². The highest BCUT2D eigenvalue weighted by Gasteiger charge is 2.49. The lowest BCUT2D eigenvalue weighted by atomic mass is 9.86. The minimum Gasteiger partial charge on any atom is -0.507 e. The fourth-order valence-corrected chi connectivity index (χ4v) is 4.63. The fraction of sp³-hybridized carbons (Fsp3) is 0.269. The van der Waals surface area contributed by atoms with Crippen molar-refractivity contribution in [2.24, 2.45) is 5.92 Å². The van der Waals surface area contributed by atoms with Gasteiger partial charge in [-0.25, -0.2) is 0 Å². The molecule has 1 aliphatic carbocycles. The third-order valence-corrected chi connectivity index (χ3v) is 6.04. The zero-order valence-electron chi connectivity index (χ0n) is 16.9. The van der Waals surface area contributed by atoms with Crippen molar-refractivity contribution in [3.05, 3.63) is 71.8 Å².